The highest BCUT2D eigenvalue weighted by molar-refractivity contribution is 5.94. The van der Waals surface area contributed by atoms with E-state index in [1.54, 1.807) is 9.80 Å². The SMILES string of the molecule is NC1(C(=O)N2CCCN(C(=O)c3ccc(F)cc3)CC2)CC1. The molecule has 1 saturated carbocycles. The van der Waals surface area contributed by atoms with Gasteiger partial charge in [0.05, 0.1) is 5.54 Å². The Morgan fingerprint density at radius 1 is 1.00 bits per heavy atom. The van der Waals surface area contributed by atoms with Crippen LogP contribution in [0.2, 0.25) is 0 Å². The zero-order chi connectivity index (χ0) is 15.7. The zero-order valence-electron chi connectivity index (χ0n) is 12.4. The van der Waals surface area contributed by atoms with E-state index < -0.39 is 5.54 Å². The summed E-state index contributed by atoms with van der Waals surface area (Å²) in [6.45, 7) is 2.21. The van der Waals surface area contributed by atoms with Gasteiger partial charge in [-0.25, -0.2) is 4.39 Å². The summed E-state index contributed by atoms with van der Waals surface area (Å²) in [7, 11) is 0. The number of carbonyl (C=O) groups excluding carboxylic acids is 2. The van der Waals surface area contributed by atoms with Crippen LogP contribution in [0.5, 0.6) is 0 Å². The molecule has 0 radical (unpaired) electrons. The van der Waals surface area contributed by atoms with Crippen LogP contribution in [0.15, 0.2) is 24.3 Å². The lowest BCUT2D eigenvalue weighted by Gasteiger charge is -2.24. The van der Waals surface area contributed by atoms with E-state index in [9.17, 15) is 14.0 Å². The highest BCUT2D eigenvalue weighted by Gasteiger charge is 2.48. The molecule has 1 heterocycles. The van der Waals surface area contributed by atoms with Crippen LogP contribution >= 0.6 is 0 Å². The maximum atomic E-state index is 12.9. The molecule has 1 aliphatic carbocycles. The van der Waals surface area contributed by atoms with Gasteiger partial charge in [0.15, 0.2) is 0 Å². The van der Waals surface area contributed by atoms with Gasteiger partial charge in [0.1, 0.15) is 5.82 Å². The van der Waals surface area contributed by atoms with Crippen molar-refractivity contribution in [2.45, 2.75) is 24.8 Å². The molecule has 1 aromatic carbocycles. The predicted octanol–water partition coefficient (Wildman–Crippen LogP) is 0.991. The average Bonchev–Trinajstić information content (AvgIpc) is 3.30. The third-order valence-electron chi connectivity index (χ3n) is 4.38. The smallest absolute Gasteiger partial charge is 0.253 e. The topological polar surface area (TPSA) is 66.6 Å². The summed E-state index contributed by atoms with van der Waals surface area (Å²) in [4.78, 5) is 28.2. The van der Waals surface area contributed by atoms with Gasteiger partial charge in [0.2, 0.25) is 5.91 Å². The first kappa shape index (κ1) is 15.0. The molecule has 1 saturated heterocycles. The Hall–Kier alpha value is -1.95. The second-order valence-electron chi connectivity index (χ2n) is 6.10. The third kappa shape index (κ3) is 2.97. The number of rotatable bonds is 2. The quantitative estimate of drug-likeness (QED) is 0.886. The van der Waals surface area contributed by atoms with Gasteiger partial charge >= 0.3 is 0 Å². The summed E-state index contributed by atoms with van der Waals surface area (Å²) in [5.74, 6) is -0.478. The van der Waals surface area contributed by atoms with Gasteiger partial charge in [-0.3, -0.25) is 9.59 Å². The molecular formula is C16H20FN3O2. The molecule has 2 N–H and O–H groups in total. The Morgan fingerprint density at radius 3 is 2.23 bits per heavy atom. The molecule has 6 heteroatoms. The van der Waals surface area contributed by atoms with Crippen molar-refractivity contribution in [3.8, 4) is 0 Å². The number of amides is 2. The van der Waals surface area contributed by atoms with E-state index in [4.69, 9.17) is 5.73 Å². The molecule has 2 fully saturated rings. The monoisotopic (exact) mass is 305 g/mol. The van der Waals surface area contributed by atoms with Gasteiger partial charge in [-0.1, -0.05) is 0 Å². The summed E-state index contributed by atoms with van der Waals surface area (Å²) in [6, 6.07) is 5.55. The first-order valence-corrected chi connectivity index (χ1v) is 7.63. The van der Waals surface area contributed by atoms with E-state index in [2.05, 4.69) is 0 Å². The normalized spacial score (nSPS) is 20.5. The maximum absolute atomic E-state index is 12.9. The van der Waals surface area contributed by atoms with E-state index in [-0.39, 0.29) is 17.6 Å². The first-order chi connectivity index (χ1) is 10.5. The predicted molar refractivity (Wildman–Crippen MR) is 79.7 cm³/mol. The van der Waals surface area contributed by atoms with Crippen molar-refractivity contribution in [2.24, 2.45) is 5.73 Å². The number of benzene rings is 1. The second-order valence-corrected chi connectivity index (χ2v) is 6.10. The maximum Gasteiger partial charge on any atom is 0.253 e. The summed E-state index contributed by atoms with van der Waals surface area (Å²) in [5, 5.41) is 0. The minimum absolute atomic E-state index is 0.00332. The molecule has 2 amide bonds. The largest absolute Gasteiger partial charge is 0.339 e. The lowest BCUT2D eigenvalue weighted by atomic mass is 10.2. The van der Waals surface area contributed by atoms with Crippen LogP contribution in [0, 0.1) is 5.82 Å². The molecule has 118 valence electrons. The fourth-order valence-corrected chi connectivity index (χ4v) is 2.76. The van der Waals surface area contributed by atoms with Crippen molar-refractivity contribution in [2.75, 3.05) is 26.2 Å². The Labute approximate surface area is 128 Å². The Morgan fingerprint density at radius 2 is 1.59 bits per heavy atom. The molecule has 1 aromatic rings. The molecule has 22 heavy (non-hydrogen) atoms. The first-order valence-electron chi connectivity index (χ1n) is 7.63. The lowest BCUT2D eigenvalue weighted by Crippen LogP contribution is -2.47. The molecule has 0 bridgehead atoms. The molecular weight excluding hydrogens is 285 g/mol. The van der Waals surface area contributed by atoms with Crippen molar-refractivity contribution >= 4 is 11.8 Å². The molecule has 3 rings (SSSR count). The molecule has 0 spiro atoms. The molecule has 0 unspecified atom stereocenters. The summed E-state index contributed by atoms with van der Waals surface area (Å²) in [5.41, 5.74) is 5.78. The number of carbonyl (C=O) groups is 2. The molecule has 0 aromatic heterocycles. The van der Waals surface area contributed by atoms with Crippen LogP contribution in [0.25, 0.3) is 0 Å². The summed E-state index contributed by atoms with van der Waals surface area (Å²) < 4.78 is 12.9. The molecule has 0 atom stereocenters. The van der Waals surface area contributed by atoms with Gasteiger partial charge in [-0.2, -0.15) is 0 Å². The number of halogens is 1. The van der Waals surface area contributed by atoms with Crippen LogP contribution in [0.1, 0.15) is 29.6 Å². The summed E-state index contributed by atoms with van der Waals surface area (Å²) in [6.07, 6.45) is 2.23. The van der Waals surface area contributed by atoms with Crippen molar-refractivity contribution in [3.05, 3.63) is 35.6 Å². The Bertz CT molecular complexity index is 584. The minimum atomic E-state index is -0.657. The van der Waals surface area contributed by atoms with Crippen LogP contribution < -0.4 is 5.73 Å². The van der Waals surface area contributed by atoms with Gasteiger partial charge in [0.25, 0.3) is 5.91 Å². The fourth-order valence-electron chi connectivity index (χ4n) is 2.76. The Balaban J connectivity index is 1.63. The van der Waals surface area contributed by atoms with Crippen LogP contribution in [0.3, 0.4) is 0 Å². The van der Waals surface area contributed by atoms with E-state index in [0.717, 1.165) is 19.3 Å². The number of hydrogen-bond acceptors (Lipinski definition) is 3. The van der Waals surface area contributed by atoms with Crippen LogP contribution in [-0.2, 0) is 4.79 Å². The van der Waals surface area contributed by atoms with Gasteiger partial charge in [-0.15, -0.1) is 0 Å². The van der Waals surface area contributed by atoms with Crippen molar-refractivity contribution in [3.63, 3.8) is 0 Å². The van der Waals surface area contributed by atoms with Crippen molar-refractivity contribution < 1.29 is 14.0 Å². The summed E-state index contributed by atoms with van der Waals surface area (Å²) >= 11 is 0. The molecule has 5 nitrogen and oxygen atoms in total. The second kappa shape index (κ2) is 5.68. The molecule has 1 aliphatic heterocycles. The lowest BCUT2D eigenvalue weighted by molar-refractivity contribution is -0.133. The van der Waals surface area contributed by atoms with Crippen LogP contribution in [0.4, 0.5) is 4.39 Å². The van der Waals surface area contributed by atoms with Crippen molar-refractivity contribution in [1.29, 1.82) is 0 Å². The molecule has 2 aliphatic rings. The van der Waals surface area contributed by atoms with E-state index >= 15 is 0 Å². The van der Waals surface area contributed by atoms with Crippen molar-refractivity contribution in [1.82, 2.24) is 9.80 Å². The average molecular weight is 305 g/mol. The van der Waals surface area contributed by atoms with Gasteiger partial charge in [-0.05, 0) is 43.5 Å². The zero-order valence-corrected chi connectivity index (χ0v) is 12.4. The standard InChI is InChI=1S/C16H20FN3O2/c17-13-4-2-12(3-5-13)14(21)19-8-1-9-20(11-10-19)15(22)16(18)6-7-16/h2-5H,1,6-11,18H2. The number of nitrogens with zero attached hydrogens (tertiary/aromatic N) is 2. The highest BCUT2D eigenvalue weighted by Crippen LogP contribution is 2.34. The number of nitrogens with two attached hydrogens (primary N) is 1. The highest BCUT2D eigenvalue weighted by atomic mass is 19.1. The van der Waals surface area contributed by atoms with Gasteiger partial charge < -0.3 is 15.5 Å². The van der Waals surface area contributed by atoms with Crippen LogP contribution in [-0.4, -0.2) is 53.3 Å². The minimum Gasteiger partial charge on any atom is -0.339 e. The van der Waals surface area contributed by atoms with E-state index in [1.807, 2.05) is 0 Å². The van der Waals surface area contributed by atoms with E-state index in [0.29, 0.717) is 31.7 Å². The van der Waals surface area contributed by atoms with E-state index in [1.165, 1.54) is 24.3 Å². The fraction of sp³-hybridized carbons (Fsp3) is 0.500. The number of hydrogen-bond donors (Lipinski definition) is 1. The Kier molecular flexibility index (Phi) is 3.87. The van der Waals surface area contributed by atoms with Gasteiger partial charge in [0, 0.05) is 31.7 Å². The third-order valence-corrected chi connectivity index (χ3v) is 4.38.